The van der Waals surface area contributed by atoms with Crippen LogP contribution >= 0.6 is 11.3 Å². The number of aromatic nitrogens is 2. The van der Waals surface area contributed by atoms with Crippen LogP contribution in [0.2, 0.25) is 0 Å². The summed E-state index contributed by atoms with van der Waals surface area (Å²) in [6.07, 6.45) is 8.50. The van der Waals surface area contributed by atoms with Gasteiger partial charge in [-0.25, -0.2) is 4.98 Å². The fourth-order valence-corrected chi connectivity index (χ4v) is 4.94. The first-order valence-corrected chi connectivity index (χ1v) is 9.42. The van der Waals surface area contributed by atoms with Gasteiger partial charge >= 0.3 is 0 Å². The molecule has 2 aromatic rings. The normalized spacial score (nSPS) is 20.5. The Bertz CT molecular complexity index is 777. The van der Waals surface area contributed by atoms with Crippen molar-refractivity contribution >= 4 is 17.2 Å². The highest BCUT2D eigenvalue weighted by Gasteiger charge is 2.29. The first-order chi connectivity index (χ1) is 11.7. The number of nitrogens with zero attached hydrogens (tertiary/aromatic N) is 3. The molecule has 0 radical (unpaired) electrons. The molecule has 2 aromatic heterocycles. The van der Waals surface area contributed by atoms with E-state index in [0.717, 1.165) is 32.4 Å². The van der Waals surface area contributed by atoms with Gasteiger partial charge in [-0.15, -0.1) is 11.3 Å². The van der Waals surface area contributed by atoms with Crippen molar-refractivity contribution in [2.75, 3.05) is 13.1 Å². The van der Waals surface area contributed by atoms with Crippen LogP contribution in [0.25, 0.3) is 0 Å². The van der Waals surface area contributed by atoms with Crippen LogP contribution in [0.15, 0.2) is 12.3 Å². The largest absolute Gasteiger partial charge is 0.356 e. The van der Waals surface area contributed by atoms with Gasteiger partial charge in [0, 0.05) is 30.1 Å². The van der Waals surface area contributed by atoms with E-state index in [-0.39, 0.29) is 5.91 Å². The Morgan fingerprint density at radius 3 is 3.04 bits per heavy atom. The zero-order chi connectivity index (χ0) is 16.5. The van der Waals surface area contributed by atoms with Gasteiger partial charge in [-0.3, -0.25) is 4.79 Å². The van der Waals surface area contributed by atoms with E-state index in [4.69, 9.17) is 10.2 Å². The second-order valence-corrected chi connectivity index (χ2v) is 7.75. The predicted molar refractivity (Wildman–Crippen MR) is 92.1 cm³/mol. The van der Waals surface area contributed by atoms with Gasteiger partial charge < -0.3 is 9.88 Å². The molecule has 1 aliphatic heterocycles. The molecule has 0 saturated carbocycles. The van der Waals surface area contributed by atoms with Crippen LogP contribution in [0, 0.1) is 11.3 Å². The van der Waals surface area contributed by atoms with Crippen LogP contribution in [0.1, 0.15) is 63.2 Å². The lowest BCUT2D eigenvalue weighted by molar-refractivity contribution is 0.0702. The maximum atomic E-state index is 12.7. The number of aryl methyl sites for hydroxylation is 2. The smallest absolute Gasteiger partial charge is 0.270 e. The lowest BCUT2D eigenvalue weighted by Crippen LogP contribution is -2.39. The number of nitrogens with one attached hydrogen (secondary N) is 1. The number of carbonyl (C=O) groups is 1. The highest BCUT2D eigenvalue weighted by molar-refractivity contribution is 7.11. The number of hydrogen-bond donors (Lipinski definition) is 1. The molecule has 24 heavy (non-hydrogen) atoms. The molecule has 0 unspecified atom stereocenters. The van der Waals surface area contributed by atoms with Gasteiger partial charge in [0.2, 0.25) is 0 Å². The second kappa shape index (κ2) is 6.40. The molecular weight excluding hydrogens is 320 g/mol. The Morgan fingerprint density at radius 2 is 2.25 bits per heavy atom. The van der Waals surface area contributed by atoms with E-state index in [1.54, 1.807) is 12.3 Å². The Balaban J connectivity index is 1.50. The first-order valence-electron chi connectivity index (χ1n) is 8.61. The van der Waals surface area contributed by atoms with E-state index in [2.05, 4.69) is 11.1 Å². The van der Waals surface area contributed by atoms with E-state index >= 15 is 0 Å². The Labute approximate surface area is 145 Å². The van der Waals surface area contributed by atoms with Gasteiger partial charge in [0.25, 0.3) is 5.91 Å². The highest BCUT2D eigenvalue weighted by Crippen LogP contribution is 2.34. The fourth-order valence-electron chi connectivity index (χ4n) is 3.66. The Hall–Kier alpha value is -2.13. The Kier molecular flexibility index (Phi) is 4.11. The Morgan fingerprint density at radius 1 is 1.38 bits per heavy atom. The zero-order valence-electron chi connectivity index (χ0n) is 13.5. The monoisotopic (exact) mass is 340 g/mol. The van der Waals surface area contributed by atoms with Crippen molar-refractivity contribution < 1.29 is 4.79 Å². The topological polar surface area (TPSA) is 72.8 Å². The maximum absolute atomic E-state index is 12.7. The van der Waals surface area contributed by atoms with E-state index in [1.165, 1.54) is 34.8 Å². The minimum atomic E-state index is -0.0116. The molecule has 1 atom stereocenters. The summed E-state index contributed by atoms with van der Waals surface area (Å²) in [7, 11) is 0. The van der Waals surface area contributed by atoms with Crippen molar-refractivity contribution in [2.24, 2.45) is 0 Å². The molecule has 5 nitrogen and oxygen atoms in total. The molecule has 2 aliphatic rings. The third kappa shape index (κ3) is 2.84. The molecule has 4 rings (SSSR count). The molecule has 1 fully saturated rings. The standard InChI is InChI=1S/C18H20N4OS/c19-9-12-8-15(20-10-12)18(23)22-7-3-4-13(11-22)17-21-14-5-1-2-6-16(14)24-17/h8,10,13,20H,1-7,11H2/t13-/m1/s1. The highest BCUT2D eigenvalue weighted by atomic mass is 32.1. The number of aromatic amines is 1. The molecule has 1 amide bonds. The number of carbonyl (C=O) groups excluding carboxylic acids is 1. The third-order valence-corrected chi connectivity index (χ3v) is 6.28. The average Bonchev–Trinajstić information content (AvgIpc) is 3.28. The molecule has 0 bridgehead atoms. The SMILES string of the molecule is N#Cc1c[nH]c(C(=O)N2CCC[C@@H](c3nc4c(s3)CCCC4)C2)c1. The molecule has 1 aliphatic carbocycles. The zero-order valence-corrected chi connectivity index (χ0v) is 14.4. The van der Waals surface area contributed by atoms with Gasteiger partial charge in [0.05, 0.1) is 16.3 Å². The summed E-state index contributed by atoms with van der Waals surface area (Å²) in [5.41, 5.74) is 2.30. The van der Waals surface area contributed by atoms with Gasteiger partial charge in [0.1, 0.15) is 11.8 Å². The van der Waals surface area contributed by atoms with Crippen LogP contribution in [-0.4, -0.2) is 33.9 Å². The number of nitriles is 1. The molecular formula is C18H20N4OS. The molecule has 3 heterocycles. The van der Waals surface area contributed by atoms with Crippen molar-refractivity contribution in [3.63, 3.8) is 0 Å². The molecule has 6 heteroatoms. The molecule has 0 aromatic carbocycles. The van der Waals surface area contributed by atoms with Crippen LogP contribution < -0.4 is 0 Å². The van der Waals surface area contributed by atoms with Gasteiger partial charge in [-0.05, 0) is 44.6 Å². The molecule has 124 valence electrons. The van der Waals surface area contributed by atoms with Crippen molar-refractivity contribution in [1.29, 1.82) is 5.26 Å². The lowest BCUT2D eigenvalue weighted by Gasteiger charge is -2.31. The number of likely N-dealkylation sites (tertiary alicyclic amines) is 1. The first kappa shape index (κ1) is 15.4. The number of hydrogen-bond acceptors (Lipinski definition) is 4. The van der Waals surface area contributed by atoms with Crippen LogP contribution in [-0.2, 0) is 12.8 Å². The number of fused-ring (bicyclic) bond motifs is 1. The van der Waals surface area contributed by atoms with E-state index < -0.39 is 0 Å². The minimum absolute atomic E-state index is 0.0116. The number of piperidine rings is 1. The number of rotatable bonds is 2. The molecule has 0 spiro atoms. The van der Waals surface area contributed by atoms with Crippen LogP contribution in [0.5, 0.6) is 0 Å². The van der Waals surface area contributed by atoms with Crippen molar-refractivity contribution in [3.05, 3.63) is 39.1 Å². The van der Waals surface area contributed by atoms with Gasteiger partial charge in [-0.2, -0.15) is 5.26 Å². The summed E-state index contributed by atoms with van der Waals surface area (Å²) in [6, 6.07) is 3.69. The van der Waals surface area contributed by atoms with Gasteiger partial charge in [-0.1, -0.05) is 0 Å². The summed E-state index contributed by atoms with van der Waals surface area (Å²) in [5.74, 6) is 0.339. The summed E-state index contributed by atoms with van der Waals surface area (Å²) in [4.78, 5) is 23.8. The van der Waals surface area contributed by atoms with E-state index in [0.29, 0.717) is 17.2 Å². The predicted octanol–water partition coefficient (Wildman–Crippen LogP) is 3.24. The summed E-state index contributed by atoms with van der Waals surface area (Å²) < 4.78 is 0. The van der Waals surface area contributed by atoms with Crippen molar-refractivity contribution in [3.8, 4) is 6.07 Å². The molecule has 1 N–H and O–H groups in total. The fraction of sp³-hybridized carbons (Fsp3) is 0.500. The van der Waals surface area contributed by atoms with E-state index in [1.807, 2.05) is 16.2 Å². The summed E-state index contributed by atoms with van der Waals surface area (Å²) in [6.45, 7) is 1.51. The van der Waals surface area contributed by atoms with Crippen LogP contribution in [0.4, 0.5) is 0 Å². The maximum Gasteiger partial charge on any atom is 0.270 e. The summed E-state index contributed by atoms with van der Waals surface area (Å²) in [5, 5.41) is 10.1. The second-order valence-electron chi connectivity index (χ2n) is 6.63. The number of thiazole rings is 1. The lowest BCUT2D eigenvalue weighted by atomic mass is 9.98. The van der Waals surface area contributed by atoms with Gasteiger partial charge in [0.15, 0.2) is 0 Å². The number of H-pyrrole nitrogens is 1. The summed E-state index contributed by atoms with van der Waals surface area (Å²) >= 11 is 1.86. The average molecular weight is 340 g/mol. The third-order valence-electron chi connectivity index (χ3n) is 4.96. The van der Waals surface area contributed by atoms with Crippen molar-refractivity contribution in [1.82, 2.24) is 14.9 Å². The number of amides is 1. The van der Waals surface area contributed by atoms with Crippen molar-refractivity contribution in [2.45, 2.75) is 44.4 Å². The van der Waals surface area contributed by atoms with E-state index in [9.17, 15) is 4.79 Å². The minimum Gasteiger partial charge on any atom is -0.356 e. The quantitative estimate of drug-likeness (QED) is 0.912. The molecule has 1 saturated heterocycles. The van der Waals surface area contributed by atoms with Crippen LogP contribution in [0.3, 0.4) is 0 Å².